The van der Waals surface area contributed by atoms with Gasteiger partial charge in [0.05, 0.1) is 23.7 Å². The quantitative estimate of drug-likeness (QED) is 0.703. The van der Waals surface area contributed by atoms with Gasteiger partial charge in [0.2, 0.25) is 0 Å². The Balaban J connectivity index is 0.00000210. The van der Waals surface area contributed by atoms with Crippen LogP contribution >= 0.6 is 12.4 Å². The maximum absolute atomic E-state index is 14.0. The predicted octanol–water partition coefficient (Wildman–Crippen LogP) is 4.22. The molecule has 0 aliphatic carbocycles. The van der Waals surface area contributed by atoms with Crippen molar-refractivity contribution in [3.63, 3.8) is 0 Å². The van der Waals surface area contributed by atoms with E-state index in [-0.39, 0.29) is 25.6 Å². The van der Waals surface area contributed by atoms with E-state index in [0.717, 1.165) is 5.56 Å². The van der Waals surface area contributed by atoms with Gasteiger partial charge in [-0.2, -0.15) is 13.2 Å². The second-order valence-electron chi connectivity index (χ2n) is 6.48. The van der Waals surface area contributed by atoms with Crippen molar-refractivity contribution >= 4 is 23.7 Å². The van der Waals surface area contributed by atoms with Crippen molar-refractivity contribution in [3.05, 3.63) is 65.1 Å². The van der Waals surface area contributed by atoms with Crippen molar-refractivity contribution in [2.24, 2.45) is 0 Å². The minimum Gasteiger partial charge on any atom is -0.390 e. The summed E-state index contributed by atoms with van der Waals surface area (Å²) in [4.78, 5) is 5.81. The number of benzene rings is 1. The molecule has 1 aliphatic rings. The minimum atomic E-state index is -4.41. The second-order valence-corrected chi connectivity index (χ2v) is 6.48. The van der Waals surface area contributed by atoms with Gasteiger partial charge in [-0.1, -0.05) is 24.3 Å². The molecule has 1 aliphatic heterocycles. The van der Waals surface area contributed by atoms with E-state index < -0.39 is 12.2 Å². The van der Waals surface area contributed by atoms with Crippen LogP contribution in [-0.2, 0) is 13.0 Å². The first-order chi connectivity index (χ1) is 12.4. The molecule has 1 atom stereocenters. The molecule has 3 aromatic rings. The topological polar surface area (TPSA) is 40.8 Å². The molecule has 1 aromatic carbocycles. The smallest absolute Gasteiger partial charge is 0.390 e. The molecule has 144 valence electrons. The van der Waals surface area contributed by atoms with Crippen LogP contribution in [0.15, 0.2) is 42.6 Å². The van der Waals surface area contributed by atoms with Crippen molar-refractivity contribution in [1.29, 1.82) is 0 Å². The Kier molecular flexibility index (Phi) is 5.10. The number of nitrogens with zero attached hydrogens (tertiary/aromatic N) is 3. The molecule has 27 heavy (non-hydrogen) atoms. The summed E-state index contributed by atoms with van der Waals surface area (Å²) < 4.78 is 43.7. The Morgan fingerprint density at radius 2 is 1.93 bits per heavy atom. The van der Waals surface area contributed by atoms with Gasteiger partial charge in [-0.25, -0.2) is 4.98 Å². The van der Waals surface area contributed by atoms with Crippen LogP contribution in [0.5, 0.6) is 0 Å². The molecular formula is C19H19ClF3N3O. The van der Waals surface area contributed by atoms with E-state index in [4.69, 9.17) is 0 Å². The molecular weight excluding hydrogens is 379 g/mol. The Bertz CT molecular complexity index is 970. The Labute approximate surface area is 160 Å². The van der Waals surface area contributed by atoms with Crippen molar-refractivity contribution in [2.45, 2.75) is 32.2 Å². The van der Waals surface area contributed by atoms with Gasteiger partial charge in [-0.15, -0.1) is 12.4 Å². The molecule has 4 nitrogen and oxygen atoms in total. The van der Waals surface area contributed by atoms with Crippen LogP contribution in [0.4, 0.5) is 18.9 Å². The fraction of sp³-hybridized carbons (Fsp3) is 0.316. The zero-order valence-corrected chi connectivity index (χ0v) is 15.4. The highest BCUT2D eigenvalue weighted by Crippen LogP contribution is 2.44. The Morgan fingerprint density at radius 1 is 1.19 bits per heavy atom. The third-order valence-electron chi connectivity index (χ3n) is 4.98. The average molecular weight is 398 g/mol. The highest BCUT2D eigenvalue weighted by atomic mass is 35.5. The van der Waals surface area contributed by atoms with Crippen molar-refractivity contribution < 1.29 is 18.3 Å². The van der Waals surface area contributed by atoms with Gasteiger partial charge in [0, 0.05) is 12.7 Å². The molecule has 4 rings (SSSR count). The molecule has 2 aromatic heterocycles. The predicted molar refractivity (Wildman–Crippen MR) is 99.4 cm³/mol. The van der Waals surface area contributed by atoms with Gasteiger partial charge in [0.15, 0.2) is 11.7 Å². The number of aryl methyl sites for hydroxylation is 1. The maximum Gasteiger partial charge on any atom is 0.413 e. The lowest BCUT2D eigenvalue weighted by Crippen LogP contribution is -2.43. The summed E-state index contributed by atoms with van der Waals surface area (Å²) >= 11 is 0. The number of aromatic nitrogens is 2. The lowest BCUT2D eigenvalue weighted by Gasteiger charge is -2.39. The number of aliphatic hydroxyl groups excluding tert-OH is 1. The van der Waals surface area contributed by atoms with Gasteiger partial charge in [-0.3, -0.25) is 4.40 Å². The molecule has 1 N–H and O–H groups in total. The lowest BCUT2D eigenvalue weighted by molar-refractivity contribution is -0.151. The number of alkyl halides is 3. The van der Waals surface area contributed by atoms with Crippen LogP contribution < -0.4 is 4.90 Å². The first kappa shape index (κ1) is 19.5. The summed E-state index contributed by atoms with van der Waals surface area (Å²) in [6.07, 6.45) is -2.16. The molecule has 0 saturated heterocycles. The summed E-state index contributed by atoms with van der Waals surface area (Å²) in [5, 5.41) is 9.56. The third-order valence-corrected chi connectivity index (χ3v) is 4.98. The van der Waals surface area contributed by atoms with Gasteiger partial charge in [-0.05, 0) is 36.6 Å². The van der Waals surface area contributed by atoms with Gasteiger partial charge >= 0.3 is 6.18 Å². The van der Waals surface area contributed by atoms with Crippen LogP contribution in [0.1, 0.15) is 28.6 Å². The number of hydrogen-bond acceptors (Lipinski definition) is 3. The first-order valence-electron chi connectivity index (χ1n) is 8.40. The van der Waals surface area contributed by atoms with E-state index >= 15 is 0 Å². The van der Waals surface area contributed by atoms with E-state index in [1.165, 1.54) is 4.90 Å². The summed E-state index contributed by atoms with van der Waals surface area (Å²) in [5.41, 5.74) is 3.08. The van der Waals surface area contributed by atoms with Crippen LogP contribution in [0, 0.1) is 6.92 Å². The van der Waals surface area contributed by atoms with Crippen molar-refractivity contribution in [1.82, 2.24) is 9.38 Å². The van der Waals surface area contributed by atoms with E-state index in [2.05, 4.69) is 4.98 Å². The third kappa shape index (κ3) is 3.15. The molecule has 3 heterocycles. The SMILES string of the molecule is Cc1nc2c(N3CCc4ccccc4C3C(F)(F)F)cccn2c1CO.Cl. The highest BCUT2D eigenvalue weighted by Gasteiger charge is 2.47. The van der Waals surface area contributed by atoms with Crippen molar-refractivity contribution in [2.75, 3.05) is 11.4 Å². The van der Waals surface area contributed by atoms with E-state index in [0.29, 0.717) is 34.7 Å². The summed E-state index contributed by atoms with van der Waals surface area (Å²) in [6, 6.07) is 8.37. The van der Waals surface area contributed by atoms with E-state index in [1.54, 1.807) is 53.9 Å². The standard InChI is InChI=1S/C19H18F3N3O.ClH/c1-12-16(11-26)25-9-4-7-15(18(25)23-12)24-10-8-13-5-2-3-6-14(13)17(24)19(20,21)22;/h2-7,9,17,26H,8,10-11H2,1H3;1H. The normalized spacial score (nSPS) is 16.9. The molecule has 8 heteroatoms. The van der Waals surface area contributed by atoms with Gasteiger partial charge in [0.1, 0.15) is 0 Å². The summed E-state index contributed by atoms with van der Waals surface area (Å²) in [6.45, 7) is 1.78. The number of rotatable bonds is 2. The molecule has 0 bridgehead atoms. The van der Waals surface area contributed by atoms with Crippen molar-refractivity contribution in [3.8, 4) is 0 Å². The van der Waals surface area contributed by atoms with Gasteiger partial charge < -0.3 is 10.0 Å². The van der Waals surface area contributed by atoms with Crippen LogP contribution in [-0.4, -0.2) is 27.2 Å². The van der Waals surface area contributed by atoms with Gasteiger partial charge in [0.25, 0.3) is 0 Å². The van der Waals surface area contributed by atoms with E-state index in [9.17, 15) is 18.3 Å². The molecule has 0 fully saturated rings. The number of pyridine rings is 1. The summed E-state index contributed by atoms with van der Waals surface area (Å²) in [5.74, 6) is 0. The Hall–Kier alpha value is -2.25. The highest BCUT2D eigenvalue weighted by molar-refractivity contribution is 5.85. The Morgan fingerprint density at radius 3 is 2.63 bits per heavy atom. The number of halogens is 4. The molecule has 0 spiro atoms. The molecule has 0 radical (unpaired) electrons. The number of anilines is 1. The zero-order valence-electron chi connectivity index (χ0n) is 14.6. The second kappa shape index (κ2) is 7.05. The van der Waals surface area contributed by atoms with Crippen LogP contribution in [0.25, 0.3) is 5.65 Å². The van der Waals surface area contributed by atoms with Crippen LogP contribution in [0.3, 0.4) is 0 Å². The monoisotopic (exact) mass is 397 g/mol. The molecule has 1 unspecified atom stereocenters. The average Bonchev–Trinajstić information content (AvgIpc) is 2.94. The van der Waals surface area contributed by atoms with Crippen LogP contribution in [0.2, 0.25) is 0 Å². The zero-order chi connectivity index (χ0) is 18.5. The number of fused-ring (bicyclic) bond motifs is 2. The molecule has 0 saturated carbocycles. The number of aliphatic hydroxyl groups is 1. The lowest BCUT2D eigenvalue weighted by atomic mass is 9.91. The minimum absolute atomic E-state index is 0. The van der Waals surface area contributed by atoms with E-state index in [1.807, 2.05) is 0 Å². The fourth-order valence-electron chi connectivity index (χ4n) is 3.81. The first-order valence-corrected chi connectivity index (χ1v) is 8.40. The summed E-state index contributed by atoms with van der Waals surface area (Å²) in [7, 11) is 0. The largest absolute Gasteiger partial charge is 0.413 e. The maximum atomic E-state index is 14.0. The number of imidazole rings is 1. The fourth-order valence-corrected chi connectivity index (χ4v) is 3.81. The molecule has 0 amide bonds. The number of hydrogen-bond donors (Lipinski definition) is 1.